The third-order valence-electron chi connectivity index (χ3n) is 3.29. The summed E-state index contributed by atoms with van der Waals surface area (Å²) in [6.07, 6.45) is 1.65. The predicted molar refractivity (Wildman–Crippen MR) is 103 cm³/mol. The highest BCUT2D eigenvalue weighted by Crippen LogP contribution is 2.36. The van der Waals surface area contributed by atoms with Gasteiger partial charge in [0, 0.05) is 0 Å². The first-order valence-corrected chi connectivity index (χ1v) is 9.30. The highest BCUT2D eigenvalue weighted by molar-refractivity contribution is 9.11. The fourth-order valence-corrected chi connectivity index (χ4v) is 4.43. The number of aromatic nitrogens is 1. The Labute approximate surface area is 158 Å². The van der Waals surface area contributed by atoms with Crippen molar-refractivity contribution in [1.29, 1.82) is 0 Å². The number of rotatable bonds is 4. The van der Waals surface area contributed by atoms with E-state index in [4.69, 9.17) is 0 Å². The van der Waals surface area contributed by atoms with Crippen molar-refractivity contribution >= 4 is 71.0 Å². The summed E-state index contributed by atoms with van der Waals surface area (Å²) in [7, 11) is 0. The van der Waals surface area contributed by atoms with Crippen LogP contribution in [-0.2, 0) is 4.79 Å². The average molecular weight is 469 g/mol. The minimum absolute atomic E-state index is 0.104. The first-order valence-electron chi connectivity index (χ1n) is 6.90. The van der Waals surface area contributed by atoms with Crippen molar-refractivity contribution in [3.63, 3.8) is 0 Å². The van der Waals surface area contributed by atoms with Gasteiger partial charge in [-0.25, -0.2) is 4.98 Å². The monoisotopic (exact) mass is 467 g/mol. The van der Waals surface area contributed by atoms with Gasteiger partial charge in [-0.1, -0.05) is 12.1 Å². The summed E-state index contributed by atoms with van der Waals surface area (Å²) in [5, 5.41) is 19.7. The Morgan fingerprint density at radius 1 is 1.21 bits per heavy atom. The smallest absolute Gasteiger partial charge is 0.307 e. The molecule has 0 aliphatic heterocycles. The third-order valence-corrected chi connectivity index (χ3v) is 5.61. The van der Waals surface area contributed by atoms with E-state index in [2.05, 4.69) is 36.8 Å². The van der Waals surface area contributed by atoms with Crippen LogP contribution in [0.1, 0.15) is 17.0 Å². The Morgan fingerprint density at radius 2 is 1.88 bits per heavy atom. The van der Waals surface area contributed by atoms with Crippen molar-refractivity contribution in [3.8, 4) is 5.75 Å². The zero-order valence-electron chi connectivity index (χ0n) is 12.2. The number of aliphatic carboxylic acids is 1. The van der Waals surface area contributed by atoms with E-state index in [0.717, 1.165) is 15.8 Å². The number of nitrogens with zero attached hydrogens (tertiary/aromatic N) is 1. The lowest BCUT2D eigenvalue weighted by atomic mass is 10.1. The number of phenolic OH excluding ortho intramolecular Hbond substituents is 1. The Hall–Kier alpha value is -1.70. The molecule has 2 N–H and O–H groups in total. The summed E-state index contributed by atoms with van der Waals surface area (Å²) in [5.41, 5.74) is 2.23. The van der Waals surface area contributed by atoms with Crippen LogP contribution in [-0.4, -0.2) is 21.2 Å². The molecule has 0 amide bonds. The van der Waals surface area contributed by atoms with Crippen LogP contribution in [0.4, 0.5) is 0 Å². The number of thiazole rings is 1. The van der Waals surface area contributed by atoms with Gasteiger partial charge in [0.1, 0.15) is 10.8 Å². The van der Waals surface area contributed by atoms with Gasteiger partial charge in [-0.05, 0) is 73.3 Å². The van der Waals surface area contributed by atoms with Crippen LogP contribution in [0.5, 0.6) is 5.75 Å². The van der Waals surface area contributed by atoms with Crippen molar-refractivity contribution in [2.45, 2.75) is 6.42 Å². The van der Waals surface area contributed by atoms with Crippen LogP contribution in [0.2, 0.25) is 0 Å². The van der Waals surface area contributed by atoms with Crippen LogP contribution in [0, 0.1) is 0 Å². The van der Waals surface area contributed by atoms with Crippen LogP contribution in [0.25, 0.3) is 21.9 Å². The molecule has 3 aromatic rings. The molecule has 0 unspecified atom stereocenters. The molecule has 24 heavy (non-hydrogen) atoms. The van der Waals surface area contributed by atoms with Crippen LogP contribution in [0.3, 0.4) is 0 Å². The molecule has 0 fully saturated rings. The quantitative estimate of drug-likeness (QED) is 0.527. The highest BCUT2D eigenvalue weighted by atomic mass is 79.9. The van der Waals surface area contributed by atoms with Gasteiger partial charge in [0.15, 0.2) is 0 Å². The van der Waals surface area contributed by atoms with E-state index >= 15 is 0 Å². The normalized spacial score (nSPS) is 11.8. The number of carboxylic acids is 1. The molecule has 0 saturated carbocycles. The van der Waals surface area contributed by atoms with E-state index in [1.54, 1.807) is 18.2 Å². The number of benzene rings is 2. The number of halogens is 2. The Kier molecular flexibility index (Phi) is 5.03. The van der Waals surface area contributed by atoms with Crippen LogP contribution < -0.4 is 0 Å². The fraction of sp³-hybridized carbons (Fsp3) is 0.0588. The molecule has 7 heteroatoms. The largest absolute Gasteiger partial charge is 0.506 e. The zero-order chi connectivity index (χ0) is 17.3. The summed E-state index contributed by atoms with van der Waals surface area (Å²) in [5.74, 6) is -0.815. The second-order valence-corrected chi connectivity index (χ2v) is 7.80. The predicted octanol–water partition coefficient (Wildman–Crippen LogP) is 5.54. The zero-order valence-corrected chi connectivity index (χ0v) is 16.2. The number of para-hydroxylation sites is 1. The minimum Gasteiger partial charge on any atom is -0.506 e. The van der Waals surface area contributed by atoms with Gasteiger partial charge in [0.2, 0.25) is 0 Å². The van der Waals surface area contributed by atoms with Gasteiger partial charge in [0.25, 0.3) is 0 Å². The van der Waals surface area contributed by atoms with Crippen LogP contribution >= 0.6 is 43.2 Å². The maximum atomic E-state index is 11.3. The van der Waals surface area contributed by atoms with Crippen molar-refractivity contribution in [3.05, 3.63) is 55.9 Å². The van der Waals surface area contributed by atoms with Gasteiger partial charge < -0.3 is 10.2 Å². The number of phenols is 1. The van der Waals surface area contributed by atoms with E-state index in [0.29, 0.717) is 19.5 Å². The molecule has 2 aromatic carbocycles. The molecule has 0 aliphatic rings. The van der Waals surface area contributed by atoms with Crippen molar-refractivity contribution < 1.29 is 15.0 Å². The topological polar surface area (TPSA) is 70.4 Å². The molecule has 4 nitrogen and oxygen atoms in total. The summed E-state index contributed by atoms with van der Waals surface area (Å²) < 4.78 is 2.07. The number of carboxylic acid groups (broad SMARTS) is 1. The lowest BCUT2D eigenvalue weighted by Gasteiger charge is -2.05. The van der Waals surface area contributed by atoms with E-state index in [-0.39, 0.29) is 12.2 Å². The molecule has 1 heterocycles. The van der Waals surface area contributed by atoms with E-state index in [1.807, 2.05) is 24.3 Å². The van der Waals surface area contributed by atoms with Crippen LogP contribution in [0.15, 0.2) is 45.3 Å². The number of aromatic hydroxyl groups is 1. The molecule has 0 saturated heterocycles. The molecular weight excluding hydrogens is 458 g/mol. The first kappa shape index (κ1) is 17.1. The molecule has 0 radical (unpaired) electrons. The van der Waals surface area contributed by atoms with Gasteiger partial charge in [0.05, 0.1) is 25.6 Å². The second kappa shape index (κ2) is 7.04. The number of hydrogen-bond acceptors (Lipinski definition) is 4. The highest BCUT2D eigenvalue weighted by Gasteiger charge is 2.13. The first-order chi connectivity index (χ1) is 11.4. The molecule has 0 atom stereocenters. The summed E-state index contributed by atoms with van der Waals surface area (Å²) in [6.45, 7) is 0. The van der Waals surface area contributed by atoms with E-state index < -0.39 is 5.97 Å². The van der Waals surface area contributed by atoms with Crippen molar-refractivity contribution in [1.82, 2.24) is 4.98 Å². The fourth-order valence-electron chi connectivity index (χ4n) is 2.23. The Bertz CT molecular complexity index is 909. The van der Waals surface area contributed by atoms with Gasteiger partial charge in [-0.15, -0.1) is 11.3 Å². The van der Waals surface area contributed by atoms with Gasteiger partial charge in [-0.2, -0.15) is 0 Å². The lowest BCUT2D eigenvalue weighted by molar-refractivity contribution is -0.135. The minimum atomic E-state index is -0.919. The molecular formula is C17H11Br2NO3S. The van der Waals surface area contributed by atoms with Gasteiger partial charge in [-0.3, -0.25) is 4.79 Å². The second-order valence-electron chi connectivity index (χ2n) is 5.06. The maximum absolute atomic E-state index is 11.3. The molecule has 3 rings (SSSR count). The average Bonchev–Trinajstić information content (AvgIpc) is 2.95. The Morgan fingerprint density at radius 3 is 2.50 bits per heavy atom. The number of fused-ring (bicyclic) bond motifs is 1. The third kappa shape index (κ3) is 3.68. The van der Waals surface area contributed by atoms with E-state index in [9.17, 15) is 15.0 Å². The molecule has 1 aromatic heterocycles. The summed E-state index contributed by atoms with van der Waals surface area (Å²) in [6, 6.07) is 11.2. The number of carbonyl (C=O) groups is 1. The van der Waals surface area contributed by atoms with Crippen molar-refractivity contribution in [2.75, 3.05) is 0 Å². The SMILES string of the molecule is O=C(O)C/C(=C/c1cc(Br)c(O)c(Br)c1)c1nc2ccccc2s1. The van der Waals surface area contributed by atoms with E-state index in [1.165, 1.54) is 11.3 Å². The standard InChI is InChI=1S/C17H11Br2NO3S/c18-11-6-9(7-12(19)16(11)23)5-10(8-15(21)22)17-20-13-3-1-2-4-14(13)24-17/h1-7,23H,8H2,(H,21,22)/b10-5-. The molecule has 122 valence electrons. The van der Waals surface area contributed by atoms with Crippen molar-refractivity contribution in [2.24, 2.45) is 0 Å². The Balaban J connectivity index is 2.10. The summed E-state index contributed by atoms with van der Waals surface area (Å²) in [4.78, 5) is 15.8. The molecule has 0 aliphatic carbocycles. The molecule has 0 spiro atoms. The lowest BCUT2D eigenvalue weighted by Crippen LogP contribution is -1.97. The molecule has 0 bridgehead atoms. The summed E-state index contributed by atoms with van der Waals surface area (Å²) >= 11 is 8.03. The number of hydrogen-bond donors (Lipinski definition) is 2. The maximum Gasteiger partial charge on any atom is 0.307 e. The van der Waals surface area contributed by atoms with Gasteiger partial charge >= 0.3 is 5.97 Å².